The maximum atomic E-state index is 9.92. The number of pyridine rings is 2. The van der Waals surface area contributed by atoms with Crippen LogP contribution in [-0.4, -0.2) is 25.3 Å². The van der Waals surface area contributed by atoms with Crippen molar-refractivity contribution < 1.29 is 5.11 Å². The van der Waals surface area contributed by atoms with Gasteiger partial charge in [0.2, 0.25) is 0 Å². The molecule has 0 atom stereocenters. The van der Waals surface area contributed by atoms with Gasteiger partial charge in [0.1, 0.15) is 11.3 Å². The van der Waals surface area contributed by atoms with E-state index in [0.29, 0.717) is 22.7 Å². The number of rotatable bonds is 2. The van der Waals surface area contributed by atoms with Crippen LogP contribution in [0.2, 0.25) is 0 Å². The zero-order valence-electron chi connectivity index (χ0n) is 13.4. The average molecular weight is 397 g/mol. The second-order valence-corrected chi connectivity index (χ2v) is 6.40. The number of aromatic hydroxyl groups is 1. The first-order chi connectivity index (χ1) is 12.1. The van der Waals surface area contributed by atoms with Crippen LogP contribution in [-0.2, 0) is 0 Å². The lowest BCUT2D eigenvalue weighted by Gasteiger charge is -2.03. The number of aryl methyl sites for hydroxylation is 2. The largest absolute Gasteiger partial charge is 0.506 e. The van der Waals surface area contributed by atoms with Gasteiger partial charge in [-0.2, -0.15) is 5.10 Å². The zero-order chi connectivity index (χ0) is 17.6. The summed E-state index contributed by atoms with van der Waals surface area (Å²) in [6.07, 6.45) is 1.63. The molecule has 0 aliphatic carbocycles. The fourth-order valence-electron chi connectivity index (χ4n) is 2.74. The van der Waals surface area contributed by atoms with Crippen molar-refractivity contribution in [2.24, 2.45) is 10.2 Å². The van der Waals surface area contributed by atoms with Crippen molar-refractivity contribution in [3.05, 3.63) is 46.2 Å². The van der Waals surface area contributed by atoms with Gasteiger partial charge in [-0.15, -0.1) is 10.2 Å². The van der Waals surface area contributed by atoms with Crippen LogP contribution >= 0.6 is 15.9 Å². The lowest BCUT2D eigenvalue weighted by atomic mass is 10.1. The first kappa shape index (κ1) is 15.6. The third-order valence-corrected chi connectivity index (χ3v) is 5.18. The molecule has 7 nitrogen and oxygen atoms in total. The molecule has 0 fully saturated rings. The van der Waals surface area contributed by atoms with E-state index in [-0.39, 0.29) is 5.75 Å². The molecule has 2 N–H and O–H groups in total. The Hall–Kier alpha value is -2.87. The number of aromatic amines is 1. The molecule has 3 aromatic heterocycles. The Bertz CT molecular complexity index is 1150. The molecule has 124 valence electrons. The number of phenols is 1. The highest BCUT2D eigenvalue weighted by molar-refractivity contribution is 9.10. The van der Waals surface area contributed by atoms with Gasteiger partial charge in [0, 0.05) is 16.1 Å². The minimum Gasteiger partial charge on any atom is -0.506 e. The topological polar surface area (TPSA) is 99.4 Å². The summed E-state index contributed by atoms with van der Waals surface area (Å²) in [5.41, 5.74) is 3.58. The van der Waals surface area contributed by atoms with Crippen LogP contribution in [0.4, 0.5) is 11.5 Å². The van der Waals surface area contributed by atoms with Crippen molar-refractivity contribution in [2.45, 2.75) is 13.8 Å². The van der Waals surface area contributed by atoms with Gasteiger partial charge in [-0.1, -0.05) is 0 Å². The van der Waals surface area contributed by atoms with Crippen molar-refractivity contribution in [1.82, 2.24) is 20.2 Å². The molecule has 4 rings (SSSR count). The number of H-pyrrole nitrogens is 1. The van der Waals surface area contributed by atoms with Crippen LogP contribution in [0.15, 0.2) is 45.2 Å². The molecular weight excluding hydrogens is 384 g/mol. The predicted octanol–water partition coefficient (Wildman–Crippen LogP) is 5.01. The molecule has 0 bridgehead atoms. The zero-order valence-corrected chi connectivity index (χ0v) is 15.0. The molecule has 1 aromatic carbocycles. The Kier molecular flexibility index (Phi) is 3.69. The maximum absolute atomic E-state index is 9.92. The average Bonchev–Trinajstić information content (AvgIpc) is 3.02. The van der Waals surface area contributed by atoms with E-state index in [9.17, 15) is 5.11 Å². The van der Waals surface area contributed by atoms with Crippen LogP contribution in [0.5, 0.6) is 5.75 Å². The standard InChI is InChI=1S/C17H13BrN6O/c1-8-13-16(20-9(2)14(8)18)22-24-17(13)23-21-11-5-6-12(25)15-10(11)4-3-7-19-15/h3-7,25H,1-2H3,(H,20,22,24). The van der Waals surface area contributed by atoms with E-state index >= 15 is 0 Å². The fraction of sp³-hybridized carbons (Fsp3) is 0.118. The van der Waals surface area contributed by atoms with Gasteiger partial charge in [-0.25, -0.2) is 4.98 Å². The molecular formula is C17H13BrN6O. The lowest BCUT2D eigenvalue weighted by Crippen LogP contribution is -1.88. The van der Waals surface area contributed by atoms with Gasteiger partial charge in [-0.3, -0.25) is 10.1 Å². The fourth-order valence-corrected chi connectivity index (χ4v) is 3.03. The van der Waals surface area contributed by atoms with Gasteiger partial charge in [0.15, 0.2) is 11.5 Å². The minimum absolute atomic E-state index is 0.112. The second kappa shape index (κ2) is 5.89. The van der Waals surface area contributed by atoms with Crippen molar-refractivity contribution in [2.75, 3.05) is 0 Å². The van der Waals surface area contributed by atoms with Crippen molar-refractivity contribution in [3.63, 3.8) is 0 Å². The normalized spacial score (nSPS) is 11.8. The maximum Gasteiger partial charge on any atom is 0.183 e. The lowest BCUT2D eigenvalue weighted by molar-refractivity contribution is 0.480. The van der Waals surface area contributed by atoms with E-state index < -0.39 is 0 Å². The molecule has 3 heterocycles. The third kappa shape index (κ3) is 2.54. The van der Waals surface area contributed by atoms with Crippen LogP contribution < -0.4 is 0 Å². The molecule has 0 aliphatic heterocycles. The summed E-state index contributed by atoms with van der Waals surface area (Å²) in [6, 6.07) is 6.89. The van der Waals surface area contributed by atoms with E-state index in [1.165, 1.54) is 0 Å². The molecule has 0 aliphatic rings. The Morgan fingerprint density at radius 3 is 2.84 bits per heavy atom. The molecule has 0 saturated carbocycles. The third-order valence-electron chi connectivity index (χ3n) is 4.01. The number of aromatic nitrogens is 4. The number of benzene rings is 1. The van der Waals surface area contributed by atoms with E-state index in [2.05, 4.69) is 46.3 Å². The van der Waals surface area contributed by atoms with Gasteiger partial charge >= 0.3 is 0 Å². The van der Waals surface area contributed by atoms with Gasteiger partial charge in [0.05, 0.1) is 16.8 Å². The van der Waals surface area contributed by atoms with Crippen molar-refractivity contribution in [1.29, 1.82) is 0 Å². The minimum atomic E-state index is 0.112. The van der Waals surface area contributed by atoms with Crippen molar-refractivity contribution >= 4 is 49.4 Å². The summed E-state index contributed by atoms with van der Waals surface area (Å²) in [6.45, 7) is 3.90. The molecule has 25 heavy (non-hydrogen) atoms. The van der Waals surface area contributed by atoms with Gasteiger partial charge < -0.3 is 5.11 Å². The predicted molar refractivity (Wildman–Crippen MR) is 98.6 cm³/mol. The number of fused-ring (bicyclic) bond motifs is 2. The Morgan fingerprint density at radius 1 is 1.16 bits per heavy atom. The first-order valence-electron chi connectivity index (χ1n) is 7.55. The molecule has 0 unspecified atom stereocenters. The van der Waals surface area contributed by atoms with Crippen LogP contribution in [0.25, 0.3) is 21.9 Å². The van der Waals surface area contributed by atoms with E-state index in [4.69, 9.17) is 0 Å². The van der Waals surface area contributed by atoms with Crippen LogP contribution in [0.3, 0.4) is 0 Å². The summed E-state index contributed by atoms with van der Waals surface area (Å²) in [7, 11) is 0. The molecule has 8 heteroatoms. The Balaban J connectivity index is 1.85. The summed E-state index contributed by atoms with van der Waals surface area (Å²) in [5.74, 6) is 0.645. The monoisotopic (exact) mass is 396 g/mol. The molecule has 0 saturated heterocycles. The number of nitrogens with zero attached hydrogens (tertiary/aromatic N) is 5. The highest BCUT2D eigenvalue weighted by atomic mass is 79.9. The first-order valence-corrected chi connectivity index (χ1v) is 8.35. The van der Waals surface area contributed by atoms with Gasteiger partial charge in [0.25, 0.3) is 0 Å². The summed E-state index contributed by atoms with van der Waals surface area (Å²) in [5, 5.41) is 27.2. The number of halogens is 1. The number of nitrogens with one attached hydrogen (secondary N) is 1. The quantitative estimate of drug-likeness (QED) is 0.465. The SMILES string of the molecule is Cc1nc2n[nH]c(N=Nc3ccc(O)c4ncccc34)c2c(C)c1Br. The second-order valence-electron chi connectivity index (χ2n) is 5.61. The number of phenolic OH excluding ortho intramolecular Hbond substituents is 1. The number of hydrogen-bond acceptors (Lipinski definition) is 6. The summed E-state index contributed by atoms with van der Waals surface area (Å²) >= 11 is 3.54. The summed E-state index contributed by atoms with van der Waals surface area (Å²) < 4.78 is 0.928. The highest BCUT2D eigenvalue weighted by Crippen LogP contribution is 2.35. The molecule has 0 amide bonds. The molecule has 4 aromatic rings. The smallest absolute Gasteiger partial charge is 0.183 e. The summed E-state index contributed by atoms with van der Waals surface area (Å²) in [4.78, 5) is 8.62. The molecule has 0 spiro atoms. The highest BCUT2D eigenvalue weighted by Gasteiger charge is 2.14. The van der Waals surface area contributed by atoms with Gasteiger partial charge in [-0.05, 0) is 59.6 Å². The van der Waals surface area contributed by atoms with E-state index in [0.717, 1.165) is 26.5 Å². The Labute approximate surface area is 151 Å². The van der Waals surface area contributed by atoms with E-state index in [1.807, 2.05) is 19.9 Å². The number of hydrogen-bond donors (Lipinski definition) is 2. The number of azo groups is 1. The van der Waals surface area contributed by atoms with Crippen LogP contribution in [0, 0.1) is 13.8 Å². The Morgan fingerprint density at radius 2 is 2.00 bits per heavy atom. The van der Waals surface area contributed by atoms with E-state index in [1.54, 1.807) is 24.4 Å². The molecule has 0 radical (unpaired) electrons. The van der Waals surface area contributed by atoms with Crippen LogP contribution in [0.1, 0.15) is 11.3 Å². The van der Waals surface area contributed by atoms with Crippen molar-refractivity contribution in [3.8, 4) is 5.75 Å².